The summed E-state index contributed by atoms with van der Waals surface area (Å²) in [5.74, 6) is -1.60. The molecule has 5 rings (SSSR count). The topological polar surface area (TPSA) is 77.8 Å². The highest BCUT2D eigenvalue weighted by molar-refractivity contribution is 5.96. The molecule has 1 amide bonds. The van der Waals surface area contributed by atoms with Gasteiger partial charge in [0.05, 0.1) is 42.3 Å². The van der Waals surface area contributed by atoms with Crippen LogP contribution in [0.15, 0.2) is 42.6 Å². The van der Waals surface area contributed by atoms with Gasteiger partial charge in [-0.15, -0.1) is 0 Å². The summed E-state index contributed by atoms with van der Waals surface area (Å²) in [6, 6.07) is 9.93. The number of halogens is 2. The van der Waals surface area contributed by atoms with Gasteiger partial charge in [-0.1, -0.05) is 25.1 Å². The highest BCUT2D eigenvalue weighted by atomic mass is 19.1. The standard InChI is InChI=1S/C26H24F2N4O3/c1-4-20-17(26(33)30-19-11-12-35-21-8-6-5-7-15(19)21)13-29-25-22(14(2)31-32(20)25)16-9-10-18(27)24(34-3)23(16)28/h5-10,13,19H,4,11-12H2,1-3H3,(H,30,33)/t19-/m0/s1. The average Bonchev–Trinajstić information content (AvgIpc) is 3.19. The molecule has 2 aromatic heterocycles. The second-order valence-corrected chi connectivity index (χ2v) is 8.31. The molecule has 180 valence electrons. The summed E-state index contributed by atoms with van der Waals surface area (Å²) < 4.78 is 41.2. The van der Waals surface area contributed by atoms with E-state index < -0.39 is 17.4 Å². The number of para-hydroxylation sites is 1. The predicted molar refractivity (Wildman–Crippen MR) is 126 cm³/mol. The van der Waals surface area contributed by atoms with Crippen LogP contribution in [0.4, 0.5) is 8.78 Å². The third kappa shape index (κ3) is 3.77. The lowest BCUT2D eigenvalue weighted by molar-refractivity contribution is 0.0922. The fourth-order valence-corrected chi connectivity index (χ4v) is 4.62. The van der Waals surface area contributed by atoms with Gasteiger partial charge in [0, 0.05) is 23.7 Å². The molecule has 0 aliphatic carbocycles. The predicted octanol–water partition coefficient (Wildman–Crippen LogP) is 4.81. The largest absolute Gasteiger partial charge is 0.493 e. The smallest absolute Gasteiger partial charge is 0.255 e. The van der Waals surface area contributed by atoms with E-state index in [1.807, 2.05) is 31.2 Å². The van der Waals surface area contributed by atoms with Crippen molar-refractivity contribution in [1.29, 1.82) is 0 Å². The number of nitrogens with zero attached hydrogens (tertiary/aromatic N) is 3. The molecule has 0 saturated carbocycles. The lowest BCUT2D eigenvalue weighted by Crippen LogP contribution is -2.33. The first-order chi connectivity index (χ1) is 16.9. The molecule has 35 heavy (non-hydrogen) atoms. The quantitative estimate of drug-likeness (QED) is 0.446. The summed E-state index contributed by atoms with van der Waals surface area (Å²) >= 11 is 0. The van der Waals surface area contributed by atoms with E-state index in [2.05, 4.69) is 15.4 Å². The molecule has 0 spiro atoms. The Morgan fingerprint density at radius 1 is 1.26 bits per heavy atom. The number of hydrogen-bond donors (Lipinski definition) is 1. The number of ether oxygens (including phenoxy) is 2. The van der Waals surface area contributed by atoms with Crippen LogP contribution in [0.2, 0.25) is 0 Å². The lowest BCUT2D eigenvalue weighted by atomic mass is 10.00. The van der Waals surface area contributed by atoms with Gasteiger partial charge in [-0.25, -0.2) is 18.3 Å². The van der Waals surface area contributed by atoms with Crippen molar-refractivity contribution in [2.24, 2.45) is 0 Å². The van der Waals surface area contributed by atoms with Gasteiger partial charge in [0.1, 0.15) is 5.75 Å². The van der Waals surface area contributed by atoms with Gasteiger partial charge in [-0.2, -0.15) is 5.10 Å². The highest BCUT2D eigenvalue weighted by Gasteiger charge is 2.27. The Balaban J connectivity index is 1.56. The first-order valence-corrected chi connectivity index (χ1v) is 11.4. The Morgan fingerprint density at radius 2 is 2.06 bits per heavy atom. The zero-order chi connectivity index (χ0) is 24.7. The summed E-state index contributed by atoms with van der Waals surface area (Å²) in [6.45, 7) is 4.14. The number of nitrogens with one attached hydrogen (secondary N) is 1. The molecule has 0 radical (unpaired) electrons. The molecule has 1 atom stereocenters. The molecule has 3 heterocycles. The normalized spacial score (nSPS) is 14.9. The average molecular weight is 478 g/mol. The van der Waals surface area contributed by atoms with Crippen LogP contribution in [0.25, 0.3) is 16.8 Å². The Morgan fingerprint density at radius 3 is 2.83 bits per heavy atom. The van der Waals surface area contributed by atoms with E-state index in [1.54, 1.807) is 11.4 Å². The Hall–Kier alpha value is -4.01. The fourth-order valence-electron chi connectivity index (χ4n) is 4.62. The maximum atomic E-state index is 15.1. The summed E-state index contributed by atoms with van der Waals surface area (Å²) in [4.78, 5) is 17.8. The summed E-state index contributed by atoms with van der Waals surface area (Å²) in [5, 5.41) is 7.65. The van der Waals surface area contributed by atoms with E-state index in [0.29, 0.717) is 47.6 Å². The molecule has 0 bridgehead atoms. The minimum atomic E-state index is -0.828. The zero-order valence-electron chi connectivity index (χ0n) is 19.6. The highest BCUT2D eigenvalue weighted by Crippen LogP contribution is 2.36. The molecule has 1 aliphatic heterocycles. The Bertz CT molecular complexity index is 1450. The monoisotopic (exact) mass is 478 g/mol. The Labute approximate surface area is 200 Å². The van der Waals surface area contributed by atoms with Gasteiger partial charge in [0.15, 0.2) is 23.0 Å². The molecule has 1 aliphatic rings. The first-order valence-electron chi connectivity index (χ1n) is 11.4. The van der Waals surface area contributed by atoms with Crippen molar-refractivity contribution in [1.82, 2.24) is 19.9 Å². The third-order valence-corrected chi connectivity index (χ3v) is 6.28. The molecule has 0 saturated heterocycles. The van der Waals surface area contributed by atoms with Crippen molar-refractivity contribution in [2.75, 3.05) is 13.7 Å². The summed E-state index contributed by atoms with van der Waals surface area (Å²) in [5.41, 5.74) is 3.36. The number of benzene rings is 2. The molecule has 7 nitrogen and oxygen atoms in total. The van der Waals surface area contributed by atoms with Crippen molar-refractivity contribution in [3.8, 4) is 22.6 Å². The van der Waals surface area contributed by atoms with E-state index in [0.717, 1.165) is 17.4 Å². The molecule has 1 N–H and O–H groups in total. The van der Waals surface area contributed by atoms with Gasteiger partial charge in [0.25, 0.3) is 5.91 Å². The number of aryl methyl sites for hydroxylation is 2. The SMILES string of the molecule is CCc1c(C(=O)N[C@H]2CCOc3ccccc32)cnc2c(-c3ccc(F)c(OC)c3F)c(C)nn12. The van der Waals surface area contributed by atoms with Crippen molar-refractivity contribution in [3.05, 3.63) is 76.7 Å². The van der Waals surface area contributed by atoms with Crippen molar-refractivity contribution in [2.45, 2.75) is 32.7 Å². The van der Waals surface area contributed by atoms with E-state index in [9.17, 15) is 9.18 Å². The van der Waals surface area contributed by atoms with Crippen LogP contribution in [-0.4, -0.2) is 34.2 Å². The van der Waals surface area contributed by atoms with Crippen LogP contribution >= 0.6 is 0 Å². The second kappa shape index (κ2) is 8.98. The molecular formula is C26H24F2N4O3. The third-order valence-electron chi connectivity index (χ3n) is 6.28. The molecule has 9 heteroatoms. The van der Waals surface area contributed by atoms with E-state index in [4.69, 9.17) is 9.47 Å². The maximum Gasteiger partial charge on any atom is 0.255 e. The van der Waals surface area contributed by atoms with E-state index >= 15 is 4.39 Å². The first kappa shape index (κ1) is 22.8. The minimum Gasteiger partial charge on any atom is -0.493 e. The van der Waals surface area contributed by atoms with Crippen LogP contribution in [0.5, 0.6) is 11.5 Å². The van der Waals surface area contributed by atoms with Gasteiger partial charge in [0.2, 0.25) is 0 Å². The molecule has 0 unspecified atom stereocenters. The number of carbonyl (C=O) groups is 1. The Kier molecular flexibility index (Phi) is 5.84. The number of carbonyl (C=O) groups excluding carboxylic acids is 1. The van der Waals surface area contributed by atoms with Gasteiger partial charge in [-0.05, 0) is 31.5 Å². The number of amides is 1. The number of hydrogen-bond acceptors (Lipinski definition) is 5. The van der Waals surface area contributed by atoms with Crippen LogP contribution in [0, 0.1) is 18.6 Å². The van der Waals surface area contributed by atoms with Gasteiger partial charge < -0.3 is 14.8 Å². The van der Waals surface area contributed by atoms with Crippen molar-refractivity contribution >= 4 is 11.6 Å². The lowest BCUT2D eigenvalue weighted by Gasteiger charge is -2.26. The number of aromatic nitrogens is 3. The van der Waals surface area contributed by atoms with E-state index in [-0.39, 0.29) is 17.5 Å². The summed E-state index contributed by atoms with van der Waals surface area (Å²) in [7, 11) is 1.21. The zero-order valence-corrected chi connectivity index (χ0v) is 19.6. The van der Waals surface area contributed by atoms with Crippen LogP contribution in [0.3, 0.4) is 0 Å². The van der Waals surface area contributed by atoms with Crippen LogP contribution in [0.1, 0.15) is 46.7 Å². The number of rotatable bonds is 5. The number of methoxy groups -OCH3 is 1. The van der Waals surface area contributed by atoms with Gasteiger partial charge in [-0.3, -0.25) is 4.79 Å². The molecular weight excluding hydrogens is 454 g/mol. The molecule has 2 aromatic carbocycles. The minimum absolute atomic E-state index is 0.126. The second-order valence-electron chi connectivity index (χ2n) is 8.31. The molecule has 4 aromatic rings. The fraction of sp³-hybridized carbons (Fsp3) is 0.269. The van der Waals surface area contributed by atoms with E-state index in [1.165, 1.54) is 19.4 Å². The van der Waals surface area contributed by atoms with Crippen molar-refractivity contribution in [3.63, 3.8) is 0 Å². The van der Waals surface area contributed by atoms with Crippen LogP contribution < -0.4 is 14.8 Å². The molecule has 0 fully saturated rings. The van der Waals surface area contributed by atoms with Crippen molar-refractivity contribution < 1.29 is 23.0 Å². The summed E-state index contributed by atoms with van der Waals surface area (Å²) in [6.07, 6.45) is 2.62. The maximum absolute atomic E-state index is 15.1. The van der Waals surface area contributed by atoms with Gasteiger partial charge >= 0.3 is 0 Å². The van der Waals surface area contributed by atoms with Crippen LogP contribution in [-0.2, 0) is 6.42 Å². The number of fused-ring (bicyclic) bond motifs is 2.